The lowest BCUT2D eigenvalue weighted by Gasteiger charge is -2.45. The third-order valence-electron chi connectivity index (χ3n) is 3.49. The number of rotatable bonds is 4. The topological polar surface area (TPSA) is 9.23 Å². The van der Waals surface area contributed by atoms with Crippen LogP contribution in [-0.2, 0) is 4.74 Å². The van der Waals surface area contributed by atoms with E-state index in [1.807, 2.05) is 7.11 Å². The van der Waals surface area contributed by atoms with Crippen LogP contribution in [0.2, 0.25) is 0 Å². The smallest absolute Gasteiger partial charge is 0.190 e. The van der Waals surface area contributed by atoms with E-state index >= 15 is 0 Å². The van der Waals surface area contributed by atoms with Gasteiger partial charge in [0.2, 0.25) is 0 Å². The largest absolute Gasteiger partial charge is 0.333 e. The van der Waals surface area contributed by atoms with E-state index in [1.54, 1.807) is 0 Å². The maximum absolute atomic E-state index is 5.52. The molecule has 1 aliphatic rings. The van der Waals surface area contributed by atoms with Crippen molar-refractivity contribution >= 4 is 0 Å². The number of hydrogen-bond donors (Lipinski definition) is 0. The summed E-state index contributed by atoms with van der Waals surface area (Å²) >= 11 is 0. The lowest BCUT2D eigenvalue weighted by molar-refractivity contribution is -0.973. The molecule has 13 heavy (non-hydrogen) atoms. The maximum Gasteiger partial charge on any atom is 0.190 e. The van der Waals surface area contributed by atoms with Gasteiger partial charge in [-0.3, -0.25) is 4.48 Å². The minimum Gasteiger partial charge on any atom is -0.333 e. The summed E-state index contributed by atoms with van der Waals surface area (Å²) in [6.07, 6.45) is 5.84. The lowest BCUT2D eigenvalue weighted by Crippen LogP contribution is -2.58. The number of hydrogen-bond acceptors (Lipinski definition) is 1. The van der Waals surface area contributed by atoms with Gasteiger partial charge in [0.25, 0.3) is 0 Å². The van der Waals surface area contributed by atoms with Crippen LogP contribution in [0, 0.1) is 0 Å². The van der Waals surface area contributed by atoms with Crippen molar-refractivity contribution in [2.45, 2.75) is 45.8 Å². The molecule has 0 amide bonds. The Morgan fingerprint density at radius 2 is 1.85 bits per heavy atom. The molecular weight excluding hydrogens is 162 g/mol. The highest BCUT2D eigenvalue weighted by molar-refractivity contribution is 4.55. The molecule has 0 N–H and O–H groups in total. The number of ether oxygens (including phenoxy) is 1. The minimum absolute atomic E-state index is 0.389. The summed E-state index contributed by atoms with van der Waals surface area (Å²) in [4.78, 5) is 0. The van der Waals surface area contributed by atoms with Gasteiger partial charge in [-0.05, 0) is 25.7 Å². The zero-order valence-corrected chi connectivity index (χ0v) is 9.38. The number of piperidine rings is 1. The Morgan fingerprint density at radius 3 is 2.31 bits per heavy atom. The van der Waals surface area contributed by atoms with E-state index in [1.165, 1.54) is 49.8 Å². The molecule has 0 spiro atoms. The van der Waals surface area contributed by atoms with Crippen LogP contribution in [0.15, 0.2) is 0 Å². The van der Waals surface area contributed by atoms with Crippen molar-refractivity contribution < 1.29 is 9.22 Å². The molecule has 0 radical (unpaired) electrons. The van der Waals surface area contributed by atoms with Gasteiger partial charge in [-0.15, -0.1) is 0 Å². The second-order valence-corrected chi connectivity index (χ2v) is 4.29. The maximum atomic E-state index is 5.52. The zero-order valence-electron chi connectivity index (χ0n) is 9.38. The first-order chi connectivity index (χ1) is 6.25. The van der Waals surface area contributed by atoms with Gasteiger partial charge in [0.1, 0.15) is 0 Å². The van der Waals surface area contributed by atoms with Gasteiger partial charge in [0.05, 0.1) is 19.6 Å². The van der Waals surface area contributed by atoms with Gasteiger partial charge in [-0.1, -0.05) is 6.92 Å². The van der Waals surface area contributed by atoms with Crippen molar-refractivity contribution in [1.82, 2.24) is 0 Å². The van der Waals surface area contributed by atoms with Crippen LogP contribution < -0.4 is 0 Å². The van der Waals surface area contributed by atoms with Crippen LogP contribution in [0.3, 0.4) is 0 Å². The van der Waals surface area contributed by atoms with E-state index in [9.17, 15) is 0 Å². The van der Waals surface area contributed by atoms with Gasteiger partial charge < -0.3 is 4.74 Å². The lowest BCUT2D eigenvalue weighted by atomic mass is 10.1. The van der Waals surface area contributed by atoms with Crippen molar-refractivity contribution in [1.29, 1.82) is 0 Å². The molecule has 78 valence electrons. The van der Waals surface area contributed by atoms with Crippen LogP contribution in [-0.4, -0.2) is 37.5 Å². The van der Waals surface area contributed by atoms with Crippen LogP contribution in [0.25, 0.3) is 0 Å². The van der Waals surface area contributed by atoms with Gasteiger partial charge in [0, 0.05) is 14.0 Å². The monoisotopic (exact) mass is 186 g/mol. The molecule has 0 aliphatic carbocycles. The number of quaternary nitrogens is 1. The van der Waals surface area contributed by atoms with Crippen LogP contribution in [0.1, 0.15) is 39.5 Å². The van der Waals surface area contributed by atoms with Crippen molar-refractivity contribution in [2.24, 2.45) is 0 Å². The molecule has 0 aromatic carbocycles. The molecule has 0 saturated carbocycles. The fourth-order valence-corrected chi connectivity index (χ4v) is 2.58. The molecule has 0 bridgehead atoms. The normalized spacial score (nSPS) is 24.2. The molecule has 1 fully saturated rings. The summed E-state index contributed by atoms with van der Waals surface area (Å²) in [5.74, 6) is 0. The second kappa shape index (κ2) is 4.97. The summed E-state index contributed by atoms with van der Waals surface area (Å²) in [5.41, 5.74) is 0. The van der Waals surface area contributed by atoms with Gasteiger partial charge in [0.15, 0.2) is 6.23 Å². The first-order valence-electron chi connectivity index (χ1n) is 5.64. The average Bonchev–Trinajstić information content (AvgIpc) is 2.18. The van der Waals surface area contributed by atoms with Crippen molar-refractivity contribution in [3.63, 3.8) is 0 Å². The summed E-state index contributed by atoms with van der Waals surface area (Å²) in [7, 11) is 1.84. The summed E-state index contributed by atoms with van der Waals surface area (Å²) in [6, 6.07) is 0. The fourth-order valence-electron chi connectivity index (χ4n) is 2.58. The van der Waals surface area contributed by atoms with Gasteiger partial charge in [-0.25, -0.2) is 0 Å². The molecule has 1 aliphatic heterocycles. The molecule has 1 heterocycles. The highest BCUT2D eigenvalue weighted by Crippen LogP contribution is 2.23. The molecular formula is C11H24NO+. The van der Waals surface area contributed by atoms with E-state index in [2.05, 4.69) is 13.8 Å². The summed E-state index contributed by atoms with van der Waals surface area (Å²) in [5, 5.41) is 0. The molecule has 1 unspecified atom stereocenters. The Labute approximate surface area is 82.5 Å². The Kier molecular flexibility index (Phi) is 4.20. The molecule has 1 saturated heterocycles. The highest BCUT2D eigenvalue weighted by Gasteiger charge is 2.34. The molecule has 2 heteroatoms. The molecule has 0 aromatic rings. The van der Waals surface area contributed by atoms with Crippen molar-refractivity contribution in [3.05, 3.63) is 0 Å². The second-order valence-electron chi connectivity index (χ2n) is 4.29. The fraction of sp³-hybridized carbons (Fsp3) is 1.00. The Morgan fingerprint density at radius 1 is 1.23 bits per heavy atom. The van der Waals surface area contributed by atoms with Crippen molar-refractivity contribution in [2.75, 3.05) is 26.7 Å². The first-order valence-corrected chi connectivity index (χ1v) is 5.64. The van der Waals surface area contributed by atoms with Gasteiger partial charge in [-0.2, -0.15) is 0 Å². The molecule has 2 nitrogen and oxygen atoms in total. The van der Waals surface area contributed by atoms with E-state index in [-0.39, 0.29) is 0 Å². The van der Waals surface area contributed by atoms with E-state index in [0.29, 0.717) is 6.23 Å². The predicted molar refractivity (Wildman–Crippen MR) is 55.5 cm³/mol. The number of nitrogens with zero attached hydrogens (tertiary/aromatic N) is 1. The zero-order chi connectivity index (χ0) is 9.73. The van der Waals surface area contributed by atoms with Crippen LogP contribution in [0.4, 0.5) is 0 Å². The Bertz CT molecular complexity index is 136. The quantitative estimate of drug-likeness (QED) is 0.613. The van der Waals surface area contributed by atoms with E-state index < -0.39 is 0 Å². The Balaban J connectivity index is 2.60. The minimum atomic E-state index is 0.389. The average molecular weight is 186 g/mol. The summed E-state index contributed by atoms with van der Waals surface area (Å²) in [6.45, 7) is 8.43. The molecule has 0 aromatic heterocycles. The molecule has 1 atom stereocenters. The van der Waals surface area contributed by atoms with Crippen molar-refractivity contribution in [3.8, 4) is 0 Å². The van der Waals surface area contributed by atoms with Crippen LogP contribution in [0.5, 0.6) is 0 Å². The summed E-state index contributed by atoms with van der Waals surface area (Å²) < 4.78 is 6.72. The Hall–Kier alpha value is -0.0800. The van der Waals surface area contributed by atoms with Crippen LogP contribution >= 0.6 is 0 Å². The van der Waals surface area contributed by atoms with Gasteiger partial charge >= 0.3 is 0 Å². The SMILES string of the molecule is CCC[N+]1(C(C)OC)CCCCC1. The third-order valence-corrected chi connectivity index (χ3v) is 3.49. The number of likely N-dealkylation sites (tertiary alicyclic amines) is 1. The standard InChI is InChI=1S/C11H24NO/c1-4-8-12(11(2)13-3)9-6-5-7-10-12/h11H,4-10H2,1-3H3/q+1. The van der Waals surface area contributed by atoms with E-state index in [0.717, 1.165) is 0 Å². The van der Waals surface area contributed by atoms with E-state index in [4.69, 9.17) is 4.74 Å². The predicted octanol–water partition coefficient (Wildman–Crippen LogP) is 2.39. The first kappa shape index (κ1) is 11.0. The third kappa shape index (κ3) is 2.44. The number of methoxy groups -OCH3 is 1. The molecule has 1 rings (SSSR count). The highest BCUT2D eigenvalue weighted by atomic mass is 16.5.